The molecule has 0 radical (unpaired) electrons. The first kappa shape index (κ1) is 17.2. The Balaban J connectivity index is 1.60. The number of carbonyl (C=O) groups is 1. The summed E-state index contributed by atoms with van der Waals surface area (Å²) in [7, 11) is 0. The Kier molecular flexibility index (Phi) is 5.74. The Morgan fingerprint density at radius 2 is 2.25 bits per heavy atom. The number of nitrogens with two attached hydrogens (primary N) is 1. The van der Waals surface area contributed by atoms with E-state index < -0.39 is 0 Å². The zero-order chi connectivity index (χ0) is 16.9. The molecule has 3 rings (SSSR count). The highest BCUT2D eigenvalue weighted by atomic mass is 16.5. The number of hydrogen-bond donors (Lipinski definition) is 2. The molecule has 0 spiro atoms. The lowest BCUT2D eigenvalue weighted by Gasteiger charge is -2.26. The molecule has 3 atom stereocenters. The number of aryl methyl sites for hydroxylation is 1. The molecule has 24 heavy (non-hydrogen) atoms. The third kappa shape index (κ3) is 4.48. The van der Waals surface area contributed by atoms with E-state index in [0.29, 0.717) is 13.2 Å². The second-order valence-corrected chi connectivity index (χ2v) is 7.06. The van der Waals surface area contributed by atoms with Crippen LogP contribution in [0.3, 0.4) is 0 Å². The molecule has 5 heteroatoms. The maximum atomic E-state index is 12.4. The Morgan fingerprint density at radius 3 is 3.00 bits per heavy atom. The van der Waals surface area contributed by atoms with E-state index in [1.54, 1.807) is 0 Å². The maximum absolute atomic E-state index is 12.4. The molecule has 132 valence electrons. The summed E-state index contributed by atoms with van der Waals surface area (Å²) >= 11 is 0. The van der Waals surface area contributed by atoms with Gasteiger partial charge in [0.25, 0.3) is 0 Å². The highest BCUT2D eigenvalue weighted by Crippen LogP contribution is 2.25. The Bertz CT molecular complexity index is 570. The molecular weight excluding hydrogens is 304 g/mol. The molecule has 5 nitrogen and oxygen atoms in total. The molecule has 1 aliphatic heterocycles. The lowest BCUT2D eigenvalue weighted by atomic mass is 9.85. The monoisotopic (exact) mass is 332 g/mol. The van der Waals surface area contributed by atoms with E-state index in [1.807, 2.05) is 19.1 Å². The van der Waals surface area contributed by atoms with Crippen LogP contribution in [0.25, 0.3) is 0 Å². The Hall–Kier alpha value is -1.59. The first-order chi connectivity index (χ1) is 11.6. The number of rotatable bonds is 5. The third-order valence-electron chi connectivity index (χ3n) is 4.94. The first-order valence-corrected chi connectivity index (χ1v) is 8.99. The summed E-state index contributed by atoms with van der Waals surface area (Å²) in [5, 5.41) is 3.07. The normalized spacial score (nSPS) is 27.0. The van der Waals surface area contributed by atoms with E-state index in [1.165, 1.54) is 0 Å². The van der Waals surface area contributed by atoms with Crippen molar-refractivity contribution in [3.8, 4) is 5.75 Å². The van der Waals surface area contributed by atoms with E-state index in [-0.39, 0.29) is 24.0 Å². The molecule has 0 unspecified atom stereocenters. The molecule has 1 saturated carbocycles. The number of ether oxygens (including phenoxy) is 2. The standard InChI is InChI=1S/C19H28N2O3/c1-13-5-6-15(18(9-13)24-17-7-8-23-12-17)11-21-19(22)14-3-2-4-16(20)10-14/h5-6,9,14,16-17H,2-4,7-8,10-12,20H2,1H3,(H,21,22)/t14-,16+,17-/m1/s1. The van der Waals surface area contributed by atoms with Crippen molar-refractivity contribution in [2.75, 3.05) is 13.2 Å². The van der Waals surface area contributed by atoms with Crippen molar-refractivity contribution in [1.29, 1.82) is 0 Å². The van der Waals surface area contributed by atoms with Crippen molar-refractivity contribution >= 4 is 5.91 Å². The minimum Gasteiger partial charge on any atom is -0.488 e. The fraction of sp³-hybridized carbons (Fsp3) is 0.632. The molecule has 1 heterocycles. The van der Waals surface area contributed by atoms with Crippen molar-refractivity contribution in [1.82, 2.24) is 5.32 Å². The highest BCUT2D eigenvalue weighted by molar-refractivity contribution is 5.78. The molecule has 0 aromatic heterocycles. The number of nitrogens with one attached hydrogen (secondary N) is 1. The van der Waals surface area contributed by atoms with Gasteiger partial charge >= 0.3 is 0 Å². The summed E-state index contributed by atoms with van der Waals surface area (Å²) in [6, 6.07) is 6.29. The van der Waals surface area contributed by atoms with Gasteiger partial charge in [-0.05, 0) is 37.8 Å². The number of carbonyl (C=O) groups excluding carboxylic acids is 1. The van der Waals surface area contributed by atoms with Crippen LogP contribution in [0.1, 0.15) is 43.2 Å². The first-order valence-electron chi connectivity index (χ1n) is 8.99. The van der Waals surface area contributed by atoms with Gasteiger partial charge in [-0.15, -0.1) is 0 Å². The van der Waals surface area contributed by atoms with Crippen molar-refractivity contribution in [2.24, 2.45) is 11.7 Å². The Labute approximate surface area is 143 Å². The molecule has 1 amide bonds. The second kappa shape index (κ2) is 7.99. The van der Waals surface area contributed by atoms with Crippen LogP contribution >= 0.6 is 0 Å². The van der Waals surface area contributed by atoms with Crippen molar-refractivity contribution in [2.45, 2.75) is 57.7 Å². The predicted octanol–water partition coefficient (Wildman–Crippen LogP) is 2.30. The average molecular weight is 332 g/mol. The molecule has 2 fully saturated rings. The second-order valence-electron chi connectivity index (χ2n) is 7.06. The van der Waals surface area contributed by atoms with Crippen LogP contribution in [0.4, 0.5) is 0 Å². The number of benzene rings is 1. The lowest BCUT2D eigenvalue weighted by molar-refractivity contribution is -0.126. The quantitative estimate of drug-likeness (QED) is 0.868. The van der Waals surface area contributed by atoms with Gasteiger partial charge in [0, 0.05) is 30.5 Å². The smallest absolute Gasteiger partial charge is 0.223 e. The average Bonchev–Trinajstić information content (AvgIpc) is 3.07. The largest absolute Gasteiger partial charge is 0.488 e. The SMILES string of the molecule is Cc1ccc(CNC(=O)[C@@H]2CCC[C@H](N)C2)c(O[C@@H]2CCOC2)c1. The zero-order valence-electron chi connectivity index (χ0n) is 14.4. The van der Waals surface area contributed by atoms with Gasteiger partial charge in [-0.2, -0.15) is 0 Å². The van der Waals surface area contributed by atoms with Gasteiger partial charge in [0.05, 0.1) is 13.2 Å². The summed E-state index contributed by atoms with van der Waals surface area (Å²) in [6.07, 6.45) is 4.83. The summed E-state index contributed by atoms with van der Waals surface area (Å²) in [5.41, 5.74) is 8.16. The van der Waals surface area contributed by atoms with E-state index in [9.17, 15) is 4.79 Å². The topological polar surface area (TPSA) is 73.6 Å². The van der Waals surface area contributed by atoms with Crippen LogP contribution in [-0.4, -0.2) is 31.3 Å². The van der Waals surface area contributed by atoms with Crippen molar-refractivity contribution in [3.05, 3.63) is 29.3 Å². The molecule has 1 aromatic carbocycles. The van der Waals surface area contributed by atoms with Gasteiger partial charge < -0.3 is 20.5 Å². The maximum Gasteiger partial charge on any atom is 0.223 e. The van der Waals surface area contributed by atoms with Crippen molar-refractivity contribution in [3.63, 3.8) is 0 Å². The van der Waals surface area contributed by atoms with Crippen LogP contribution in [-0.2, 0) is 16.1 Å². The van der Waals surface area contributed by atoms with Crippen LogP contribution in [0.5, 0.6) is 5.75 Å². The van der Waals surface area contributed by atoms with Crippen molar-refractivity contribution < 1.29 is 14.3 Å². The molecule has 3 N–H and O–H groups in total. The lowest BCUT2D eigenvalue weighted by Crippen LogP contribution is -2.37. The molecule has 0 bridgehead atoms. The van der Waals surface area contributed by atoms with Gasteiger partial charge in [0.15, 0.2) is 0 Å². The van der Waals surface area contributed by atoms with Crippen LogP contribution in [0, 0.1) is 12.8 Å². The summed E-state index contributed by atoms with van der Waals surface area (Å²) in [6.45, 7) is 3.93. The predicted molar refractivity (Wildman–Crippen MR) is 92.8 cm³/mol. The molecule has 1 saturated heterocycles. The van der Waals surface area contributed by atoms with E-state index in [2.05, 4.69) is 11.4 Å². The fourth-order valence-corrected chi connectivity index (χ4v) is 3.50. The van der Waals surface area contributed by atoms with Gasteiger partial charge in [-0.3, -0.25) is 4.79 Å². The molecule has 1 aromatic rings. The van der Waals surface area contributed by atoms with Gasteiger partial charge in [-0.25, -0.2) is 0 Å². The number of hydrogen-bond acceptors (Lipinski definition) is 4. The highest BCUT2D eigenvalue weighted by Gasteiger charge is 2.25. The minimum absolute atomic E-state index is 0.0480. The Morgan fingerprint density at radius 1 is 1.38 bits per heavy atom. The summed E-state index contributed by atoms with van der Waals surface area (Å²) < 4.78 is 11.5. The molecule has 2 aliphatic rings. The van der Waals surface area contributed by atoms with Gasteiger partial charge in [0.2, 0.25) is 5.91 Å². The van der Waals surface area contributed by atoms with E-state index >= 15 is 0 Å². The fourth-order valence-electron chi connectivity index (χ4n) is 3.50. The van der Waals surface area contributed by atoms with Crippen LogP contribution in [0.15, 0.2) is 18.2 Å². The molecule has 1 aliphatic carbocycles. The van der Waals surface area contributed by atoms with E-state index in [4.69, 9.17) is 15.2 Å². The van der Waals surface area contributed by atoms with Crippen LogP contribution < -0.4 is 15.8 Å². The van der Waals surface area contributed by atoms with Gasteiger partial charge in [-0.1, -0.05) is 18.6 Å². The summed E-state index contributed by atoms with van der Waals surface area (Å²) in [4.78, 5) is 12.4. The minimum atomic E-state index is 0.0480. The number of amides is 1. The van der Waals surface area contributed by atoms with Gasteiger partial charge in [0.1, 0.15) is 11.9 Å². The summed E-state index contributed by atoms with van der Waals surface area (Å²) in [5.74, 6) is 1.01. The zero-order valence-corrected chi connectivity index (χ0v) is 14.4. The molecular formula is C19H28N2O3. The van der Waals surface area contributed by atoms with Crippen LogP contribution in [0.2, 0.25) is 0 Å². The third-order valence-corrected chi connectivity index (χ3v) is 4.94. The van der Waals surface area contributed by atoms with E-state index in [0.717, 1.165) is 55.6 Å².